The second-order valence-corrected chi connectivity index (χ2v) is 5.83. The molecule has 0 spiro atoms. The van der Waals surface area contributed by atoms with Crippen LogP contribution in [0.5, 0.6) is 0 Å². The van der Waals surface area contributed by atoms with Gasteiger partial charge in [0.15, 0.2) is 23.3 Å². The maximum absolute atomic E-state index is 14.1. The van der Waals surface area contributed by atoms with Gasteiger partial charge in [-0.2, -0.15) is 0 Å². The first-order valence-electron chi connectivity index (χ1n) is 7.82. The van der Waals surface area contributed by atoms with Crippen molar-refractivity contribution in [2.24, 2.45) is 0 Å². The van der Waals surface area contributed by atoms with E-state index in [0.717, 1.165) is 0 Å². The van der Waals surface area contributed by atoms with Gasteiger partial charge in [-0.15, -0.1) is 0 Å². The van der Waals surface area contributed by atoms with Gasteiger partial charge >= 0.3 is 0 Å². The fourth-order valence-electron chi connectivity index (χ4n) is 3.10. The van der Waals surface area contributed by atoms with Crippen LogP contribution in [0.2, 0.25) is 0 Å². The maximum atomic E-state index is 14.1. The molecular weight excluding hydrogens is 362 g/mol. The van der Waals surface area contributed by atoms with Gasteiger partial charge < -0.3 is 0 Å². The van der Waals surface area contributed by atoms with Crippen LogP contribution in [0, 0.1) is 23.3 Å². The highest BCUT2D eigenvalue weighted by Gasteiger charge is 2.45. The van der Waals surface area contributed by atoms with E-state index in [2.05, 4.69) is 0 Å². The van der Waals surface area contributed by atoms with Gasteiger partial charge in [0.1, 0.15) is 0 Å². The van der Waals surface area contributed by atoms with Crippen molar-refractivity contribution in [2.75, 3.05) is 4.90 Å². The molecule has 0 radical (unpaired) electrons. The lowest BCUT2D eigenvalue weighted by Gasteiger charge is -2.18. The summed E-state index contributed by atoms with van der Waals surface area (Å²) in [6.07, 6.45) is 0. The van der Waals surface area contributed by atoms with Crippen LogP contribution in [-0.4, -0.2) is 11.8 Å². The van der Waals surface area contributed by atoms with E-state index < -0.39 is 46.2 Å². The Bertz CT molecular complexity index is 1070. The van der Waals surface area contributed by atoms with Crippen LogP contribution < -0.4 is 4.90 Å². The molecule has 3 aromatic carbocycles. The van der Waals surface area contributed by atoms with Gasteiger partial charge in [0.2, 0.25) is 0 Å². The second-order valence-electron chi connectivity index (χ2n) is 5.83. The molecule has 0 atom stereocenters. The number of hydrogen-bond donors (Lipinski definition) is 0. The Morgan fingerprint density at radius 1 is 0.593 bits per heavy atom. The first kappa shape index (κ1) is 17.0. The summed E-state index contributed by atoms with van der Waals surface area (Å²) < 4.78 is 55.3. The first-order chi connectivity index (χ1) is 12.9. The van der Waals surface area contributed by atoms with Crippen molar-refractivity contribution < 1.29 is 27.2 Å². The lowest BCUT2D eigenvalue weighted by Crippen LogP contribution is -2.30. The highest BCUT2D eigenvalue weighted by Crippen LogP contribution is 2.38. The number of carbonyl (C=O) groups excluding carboxylic acids is 2. The summed E-state index contributed by atoms with van der Waals surface area (Å²) in [5.41, 5.74) is -1.09. The number of carbonyl (C=O) groups is 2. The number of amides is 2. The summed E-state index contributed by atoms with van der Waals surface area (Å²) in [6.45, 7) is 0. The molecule has 0 unspecified atom stereocenters. The molecule has 1 heterocycles. The van der Waals surface area contributed by atoms with E-state index in [4.69, 9.17) is 0 Å². The third-order valence-electron chi connectivity index (χ3n) is 4.33. The number of benzene rings is 3. The fourth-order valence-corrected chi connectivity index (χ4v) is 3.10. The molecule has 27 heavy (non-hydrogen) atoms. The van der Waals surface area contributed by atoms with Gasteiger partial charge in [0, 0.05) is 5.56 Å². The van der Waals surface area contributed by atoms with Gasteiger partial charge in [-0.05, 0) is 11.6 Å². The van der Waals surface area contributed by atoms with Crippen LogP contribution in [0.3, 0.4) is 0 Å². The number of rotatable bonds is 2. The molecule has 1 aliphatic rings. The van der Waals surface area contributed by atoms with Gasteiger partial charge in [-0.1, -0.05) is 48.5 Å². The van der Waals surface area contributed by atoms with Crippen LogP contribution in [0.1, 0.15) is 20.7 Å². The second kappa shape index (κ2) is 6.05. The summed E-state index contributed by atoms with van der Waals surface area (Å²) in [7, 11) is 0. The Balaban J connectivity index is 1.94. The molecule has 7 heteroatoms. The van der Waals surface area contributed by atoms with E-state index in [1.165, 1.54) is 12.1 Å². The predicted octanol–water partition coefficient (Wildman–Crippen LogP) is 4.71. The zero-order valence-electron chi connectivity index (χ0n) is 13.5. The summed E-state index contributed by atoms with van der Waals surface area (Å²) in [5.74, 6) is -10.6. The minimum Gasteiger partial charge on any atom is -0.268 e. The topological polar surface area (TPSA) is 37.4 Å². The lowest BCUT2D eigenvalue weighted by molar-refractivity contribution is 0.0924. The van der Waals surface area contributed by atoms with E-state index in [0.29, 0.717) is 16.0 Å². The number of para-hydroxylation sites is 1. The number of halogens is 4. The number of nitrogens with zero attached hydrogens (tertiary/aromatic N) is 1. The molecule has 0 fully saturated rings. The zero-order chi connectivity index (χ0) is 19.3. The minimum atomic E-state index is -2.13. The molecular formula is C20H9F4NO2. The van der Waals surface area contributed by atoms with Crippen molar-refractivity contribution in [3.63, 3.8) is 0 Å². The minimum absolute atomic E-state index is 0.0505. The summed E-state index contributed by atoms with van der Waals surface area (Å²) in [4.78, 5) is 25.8. The van der Waals surface area contributed by atoms with Gasteiger partial charge in [0.05, 0.1) is 16.8 Å². The van der Waals surface area contributed by atoms with Crippen molar-refractivity contribution >= 4 is 17.5 Å². The van der Waals surface area contributed by atoms with Crippen molar-refractivity contribution in [3.05, 3.63) is 89.0 Å². The SMILES string of the molecule is O=C1c2c(F)c(F)c(F)c(F)c2C(=O)N1c1ccccc1-c1ccccc1. The Labute approximate surface area is 150 Å². The number of imide groups is 1. The molecule has 0 aromatic heterocycles. The van der Waals surface area contributed by atoms with Crippen molar-refractivity contribution in [1.29, 1.82) is 0 Å². The van der Waals surface area contributed by atoms with E-state index in [1.54, 1.807) is 42.5 Å². The van der Waals surface area contributed by atoms with E-state index in [1.807, 2.05) is 0 Å². The Morgan fingerprint density at radius 2 is 1.07 bits per heavy atom. The molecule has 0 aliphatic carbocycles. The monoisotopic (exact) mass is 371 g/mol. The largest absolute Gasteiger partial charge is 0.269 e. The maximum Gasteiger partial charge on any atom is 0.269 e. The van der Waals surface area contributed by atoms with Gasteiger partial charge in [-0.25, -0.2) is 22.5 Å². The van der Waals surface area contributed by atoms with Crippen molar-refractivity contribution in [3.8, 4) is 11.1 Å². The number of hydrogen-bond acceptors (Lipinski definition) is 2. The molecule has 4 rings (SSSR count). The molecule has 134 valence electrons. The summed E-state index contributed by atoms with van der Waals surface area (Å²) >= 11 is 0. The molecule has 3 aromatic rings. The van der Waals surface area contributed by atoms with Crippen LogP contribution >= 0.6 is 0 Å². The highest BCUT2D eigenvalue weighted by atomic mass is 19.2. The Morgan fingerprint density at radius 3 is 1.63 bits per heavy atom. The normalized spacial score (nSPS) is 13.3. The quantitative estimate of drug-likeness (QED) is 0.283. The summed E-state index contributed by atoms with van der Waals surface area (Å²) in [6, 6.07) is 14.9. The molecule has 0 saturated heterocycles. The van der Waals surface area contributed by atoms with E-state index >= 15 is 0 Å². The average Bonchev–Trinajstić information content (AvgIpc) is 2.95. The number of fused-ring (bicyclic) bond motifs is 1. The Hall–Kier alpha value is -3.48. The van der Waals surface area contributed by atoms with Crippen LogP contribution in [0.4, 0.5) is 23.2 Å². The summed E-state index contributed by atoms with van der Waals surface area (Å²) in [5, 5.41) is 0. The molecule has 3 nitrogen and oxygen atoms in total. The molecule has 0 bridgehead atoms. The highest BCUT2D eigenvalue weighted by molar-refractivity contribution is 6.35. The third kappa shape index (κ3) is 2.35. The van der Waals surface area contributed by atoms with Gasteiger partial charge in [-0.3, -0.25) is 9.59 Å². The van der Waals surface area contributed by atoms with Crippen LogP contribution in [-0.2, 0) is 0 Å². The van der Waals surface area contributed by atoms with E-state index in [9.17, 15) is 27.2 Å². The molecule has 1 aliphatic heterocycles. The van der Waals surface area contributed by atoms with Crippen LogP contribution in [0.25, 0.3) is 11.1 Å². The van der Waals surface area contributed by atoms with E-state index in [-0.39, 0.29) is 5.69 Å². The molecule has 0 saturated carbocycles. The number of anilines is 1. The molecule has 0 N–H and O–H groups in total. The average molecular weight is 371 g/mol. The zero-order valence-corrected chi connectivity index (χ0v) is 13.5. The molecule has 2 amide bonds. The van der Waals surface area contributed by atoms with Gasteiger partial charge in [0.25, 0.3) is 11.8 Å². The third-order valence-corrected chi connectivity index (χ3v) is 4.33. The standard InChI is InChI=1S/C20H9F4NO2/c21-15-13-14(16(22)18(24)17(15)23)20(27)25(19(13)26)12-9-5-4-8-11(12)10-6-2-1-3-7-10/h1-9H. The fraction of sp³-hybridized carbons (Fsp3) is 0. The first-order valence-corrected chi connectivity index (χ1v) is 7.82. The smallest absolute Gasteiger partial charge is 0.268 e. The predicted molar refractivity (Wildman–Crippen MR) is 89.3 cm³/mol. The van der Waals surface area contributed by atoms with Crippen molar-refractivity contribution in [2.45, 2.75) is 0 Å². The van der Waals surface area contributed by atoms with Crippen LogP contribution in [0.15, 0.2) is 54.6 Å². The van der Waals surface area contributed by atoms with Crippen molar-refractivity contribution in [1.82, 2.24) is 0 Å². The lowest BCUT2D eigenvalue weighted by atomic mass is 10.0. The Kier molecular flexibility index (Phi) is 3.80.